The number of methoxy groups -OCH3 is 1. The van der Waals surface area contributed by atoms with Crippen molar-refractivity contribution in [2.24, 2.45) is 17.3 Å². The topological polar surface area (TPSA) is 84.2 Å². The van der Waals surface area contributed by atoms with E-state index in [2.05, 4.69) is 30.5 Å². The van der Waals surface area contributed by atoms with Crippen molar-refractivity contribution in [1.29, 1.82) is 0 Å². The van der Waals surface area contributed by atoms with Crippen molar-refractivity contribution >= 4 is 23.3 Å². The van der Waals surface area contributed by atoms with Crippen LogP contribution in [0.4, 0.5) is 36.4 Å². The van der Waals surface area contributed by atoms with Crippen molar-refractivity contribution in [3.63, 3.8) is 0 Å². The van der Waals surface area contributed by atoms with Crippen molar-refractivity contribution in [3.8, 4) is 5.88 Å². The van der Waals surface area contributed by atoms with Crippen LogP contribution in [0.5, 0.6) is 5.88 Å². The maximum Gasteiger partial charge on any atom is 0.244 e. The molecule has 2 unspecified atom stereocenters. The van der Waals surface area contributed by atoms with Crippen LogP contribution in [0.3, 0.4) is 0 Å². The third-order valence-corrected chi connectivity index (χ3v) is 8.61. The van der Waals surface area contributed by atoms with Gasteiger partial charge in [0.15, 0.2) is 17.5 Å². The molecule has 1 N–H and O–H groups in total. The molecule has 12 heteroatoms. The average Bonchev–Trinajstić information content (AvgIpc) is 3.48. The molecule has 188 valence electrons. The van der Waals surface area contributed by atoms with Crippen LogP contribution in [0.15, 0.2) is 24.4 Å². The van der Waals surface area contributed by atoms with Crippen LogP contribution in [-0.4, -0.2) is 57.7 Å². The number of benzene rings is 1. The van der Waals surface area contributed by atoms with Crippen LogP contribution in [0, 0.1) is 34.7 Å². The first-order valence-electron chi connectivity index (χ1n) is 12.2. The monoisotopic (exact) mass is 498 g/mol. The number of anilines is 4. The Hall–Kier alpha value is -3.57. The average molecular weight is 499 g/mol. The molecule has 1 aromatic carbocycles. The molecule has 1 saturated heterocycles. The fraction of sp³-hybridized carbons (Fsp3) is 0.500. The van der Waals surface area contributed by atoms with Gasteiger partial charge in [0.1, 0.15) is 0 Å². The lowest BCUT2D eigenvalue weighted by molar-refractivity contribution is -0.117. The minimum Gasteiger partial charge on any atom is -0.480 e. The van der Waals surface area contributed by atoms with E-state index in [-0.39, 0.29) is 17.1 Å². The molecule has 0 bridgehead atoms. The van der Waals surface area contributed by atoms with Gasteiger partial charge in [-0.25, -0.2) is 17.9 Å². The standard InChI is InChI=1S/C24H25F3N8O/c1-36-18-9-13(10-28-31-18)33-11-15-21(14-5-6-24(14,15)12-33)29-22-30-23-34(7-2-8-35(23)32-22)17-4-3-16(25)19(26)20(17)27/h3-4,9-10,14-15,21H,2,5-8,11-12H2,1H3,(H,29,32)/t14?,15-,21+,24?/m0/s1. The number of aromatic nitrogens is 5. The summed E-state index contributed by atoms with van der Waals surface area (Å²) in [6, 6.07) is 4.34. The van der Waals surface area contributed by atoms with Gasteiger partial charge in [-0.05, 0) is 42.7 Å². The number of nitrogens with one attached hydrogen (secondary N) is 1. The van der Waals surface area contributed by atoms with E-state index in [1.807, 2.05) is 6.07 Å². The normalized spacial score (nSPS) is 28.1. The second-order valence-corrected chi connectivity index (χ2v) is 10.1. The van der Waals surface area contributed by atoms with Gasteiger partial charge in [0, 0.05) is 44.2 Å². The fourth-order valence-corrected chi connectivity index (χ4v) is 6.80. The fourth-order valence-electron chi connectivity index (χ4n) is 6.80. The van der Waals surface area contributed by atoms with E-state index in [9.17, 15) is 13.2 Å². The minimum atomic E-state index is -1.48. The molecule has 9 nitrogen and oxygen atoms in total. The summed E-state index contributed by atoms with van der Waals surface area (Å²) < 4.78 is 48.9. The van der Waals surface area contributed by atoms with Crippen LogP contribution >= 0.6 is 0 Å². The third-order valence-electron chi connectivity index (χ3n) is 8.61. The van der Waals surface area contributed by atoms with Crippen molar-refractivity contribution in [2.75, 3.05) is 41.9 Å². The molecule has 0 radical (unpaired) electrons. The van der Waals surface area contributed by atoms with Crippen molar-refractivity contribution < 1.29 is 17.9 Å². The smallest absolute Gasteiger partial charge is 0.244 e. The Bertz CT molecular complexity index is 1350. The molecule has 2 aromatic heterocycles. The molecule has 2 aliphatic heterocycles. The third kappa shape index (κ3) is 2.96. The molecule has 0 amide bonds. The van der Waals surface area contributed by atoms with Gasteiger partial charge >= 0.3 is 0 Å². The summed E-state index contributed by atoms with van der Waals surface area (Å²) in [6.07, 6.45) is 4.81. The highest BCUT2D eigenvalue weighted by Crippen LogP contribution is 2.68. The lowest BCUT2D eigenvalue weighted by Gasteiger charge is -2.65. The number of nitrogens with zero attached hydrogens (tertiary/aromatic N) is 7. The van der Waals surface area contributed by atoms with Gasteiger partial charge in [0.2, 0.25) is 17.8 Å². The van der Waals surface area contributed by atoms with Crippen molar-refractivity contribution in [1.82, 2.24) is 25.0 Å². The number of ether oxygens (including phenoxy) is 1. The van der Waals surface area contributed by atoms with Crippen LogP contribution in [-0.2, 0) is 6.54 Å². The zero-order valence-electron chi connectivity index (χ0n) is 19.7. The number of aryl methyl sites for hydroxylation is 1. The maximum absolute atomic E-state index is 14.5. The number of hydrogen-bond acceptors (Lipinski definition) is 8. The van der Waals surface area contributed by atoms with Crippen LogP contribution < -0.4 is 19.9 Å². The summed E-state index contributed by atoms with van der Waals surface area (Å²) in [5.74, 6) is -1.53. The first-order chi connectivity index (χ1) is 17.5. The Kier molecular flexibility index (Phi) is 4.65. The highest BCUT2D eigenvalue weighted by Gasteiger charge is 2.70. The Morgan fingerprint density at radius 2 is 2.03 bits per heavy atom. The molecule has 4 heterocycles. The molecular weight excluding hydrogens is 473 g/mol. The van der Waals surface area contributed by atoms with E-state index < -0.39 is 17.5 Å². The van der Waals surface area contributed by atoms with Gasteiger partial charge in [-0.2, -0.15) is 10.1 Å². The number of rotatable bonds is 5. The number of halogens is 3. The second kappa shape index (κ2) is 7.71. The lowest BCUT2D eigenvalue weighted by atomic mass is 9.41. The summed E-state index contributed by atoms with van der Waals surface area (Å²) in [6.45, 7) is 2.93. The van der Waals surface area contributed by atoms with E-state index in [4.69, 9.17) is 4.74 Å². The Labute approximate surface area is 205 Å². The van der Waals surface area contributed by atoms with E-state index in [1.165, 1.54) is 12.5 Å². The van der Waals surface area contributed by atoms with Crippen molar-refractivity contribution in [3.05, 3.63) is 41.8 Å². The molecule has 2 saturated carbocycles. The summed E-state index contributed by atoms with van der Waals surface area (Å²) in [5, 5.41) is 16.2. The van der Waals surface area contributed by atoms with Gasteiger partial charge in [0.05, 0.1) is 24.7 Å². The van der Waals surface area contributed by atoms with Gasteiger partial charge < -0.3 is 19.9 Å². The molecular formula is C24H25F3N8O. The van der Waals surface area contributed by atoms with E-state index in [0.29, 0.717) is 49.1 Å². The van der Waals surface area contributed by atoms with Crippen LogP contribution in [0.25, 0.3) is 0 Å². The quantitative estimate of drug-likeness (QED) is 0.537. The van der Waals surface area contributed by atoms with Gasteiger partial charge in [-0.3, -0.25) is 0 Å². The lowest BCUT2D eigenvalue weighted by Crippen LogP contribution is -2.68. The minimum absolute atomic E-state index is 0.0386. The molecule has 4 aliphatic rings. The largest absolute Gasteiger partial charge is 0.480 e. The maximum atomic E-state index is 14.5. The molecule has 36 heavy (non-hydrogen) atoms. The number of fused-ring (bicyclic) bond motifs is 1. The molecule has 3 fully saturated rings. The summed E-state index contributed by atoms with van der Waals surface area (Å²) in [5.41, 5.74) is 1.26. The summed E-state index contributed by atoms with van der Waals surface area (Å²) in [4.78, 5) is 8.57. The Morgan fingerprint density at radius 1 is 1.14 bits per heavy atom. The predicted molar refractivity (Wildman–Crippen MR) is 125 cm³/mol. The zero-order chi connectivity index (χ0) is 24.6. The molecule has 4 atom stereocenters. The zero-order valence-corrected chi connectivity index (χ0v) is 19.7. The molecule has 1 spiro atoms. The van der Waals surface area contributed by atoms with Crippen LogP contribution in [0.2, 0.25) is 0 Å². The molecule has 2 aliphatic carbocycles. The van der Waals surface area contributed by atoms with Crippen molar-refractivity contribution in [2.45, 2.75) is 31.8 Å². The summed E-state index contributed by atoms with van der Waals surface area (Å²) in [7, 11) is 1.58. The molecule has 3 aromatic rings. The predicted octanol–water partition coefficient (Wildman–Crippen LogP) is 3.36. The first-order valence-corrected chi connectivity index (χ1v) is 12.2. The Balaban J connectivity index is 1.12. The summed E-state index contributed by atoms with van der Waals surface area (Å²) >= 11 is 0. The highest BCUT2D eigenvalue weighted by atomic mass is 19.2. The SMILES string of the molecule is COc1cc(N2C[C@H]3[C@H](Nc4nc5n(n4)CCCN5c4ccc(F)c(F)c4F)C4CCC43C2)cnn1. The van der Waals surface area contributed by atoms with E-state index in [0.717, 1.165) is 31.3 Å². The second-order valence-electron chi connectivity index (χ2n) is 10.1. The first kappa shape index (κ1) is 21.7. The van der Waals surface area contributed by atoms with Gasteiger partial charge in [0.25, 0.3) is 0 Å². The number of hydrogen-bond donors (Lipinski definition) is 1. The van der Waals surface area contributed by atoms with Gasteiger partial charge in [-0.15, -0.1) is 10.2 Å². The van der Waals surface area contributed by atoms with Crippen LogP contribution in [0.1, 0.15) is 19.3 Å². The van der Waals surface area contributed by atoms with Gasteiger partial charge in [-0.1, -0.05) is 0 Å². The van der Waals surface area contributed by atoms with E-state index >= 15 is 0 Å². The molecule has 7 rings (SSSR count). The van der Waals surface area contributed by atoms with E-state index in [1.54, 1.807) is 22.9 Å². The Morgan fingerprint density at radius 3 is 2.83 bits per heavy atom. The highest BCUT2D eigenvalue weighted by molar-refractivity contribution is 5.60.